The molecule has 0 spiro atoms. The number of aromatic nitrogens is 3. The minimum absolute atomic E-state index is 0.338. The fourth-order valence-corrected chi connectivity index (χ4v) is 7.38. The molecule has 9 rings (SSSR count). The predicted octanol–water partition coefficient (Wildman–Crippen LogP) is 12.2. The van der Waals surface area contributed by atoms with E-state index in [1.807, 2.05) is 115 Å². The summed E-state index contributed by atoms with van der Waals surface area (Å²) < 4.78 is 22.3. The van der Waals surface area contributed by atoms with Crippen molar-refractivity contribution in [3.63, 3.8) is 0 Å². The molecular weight excluding hydrogens is 680 g/mol. The van der Waals surface area contributed by atoms with Gasteiger partial charge in [-0.15, -0.1) is 0 Å². The van der Waals surface area contributed by atoms with E-state index in [-0.39, 0.29) is 0 Å². The third-order valence-corrected chi connectivity index (χ3v) is 10.0. The van der Waals surface area contributed by atoms with Crippen molar-refractivity contribution in [1.29, 1.82) is 5.26 Å². The van der Waals surface area contributed by atoms with Crippen molar-refractivity contribution in [2.45, 2.75) is 19.4 Å². The minimum atomic E-state index is -0.529. The second kappa shape index (κ2) is 13.6. The summed E-state index contributed by atoms with van der Waals surface area (Å²) in [4.78, 5) is 15.1. The molecule has 5 nitrogen and oxygen atoms in total. The van der Waals surface area contributed by atoms with Gasteiger partial charge in [0.15, 0.2) is 17.5 Å². The minimum Gasteiger partial charge on any atom is -0.482 e. The van der Waals surface area contributed by atoms with Gasteiger partial charge < -0.3 is 4.74 Å². The Morgan fingerprint density at radius 2 is 1.05 bits per heavy atom. The van der Waals surface area contributed by atoms with Gasteiger partial charge >= 0.3 is 0 Å². The summed E-state index contributed by atoms with van der Waals surface area (Å²) in [6, 6.07) is 55.0. The molecule has 0 radical (unpaired) electrons. The first-order valence-corrected chi connectivity index (χ1v) is 18.1. The van der Waals surface area contributed by atoms with Crippen LogP contribution in [0, 0.1) is 17.1 Å². The van der Waals surface area contributed by atoms with Crippen molar-refractivity contribution in [3.05, 3.63) is 181 Å². The average molecular weight is 713 g/mol. The fourth-order valence-electron chi connectivity index (χ4n) is 7.38. The van der Waals surface area contributed by atoms with E-state index < -0.39 is 11.4 Å². The third kappa shape index (κ3) is 6.43. The van der Waals surface area contributed by atoms with Gasteiger partial charge in [0, 0.05) is 27.8 Å². The summed E-state index contributed by atoms with van der Waals surface area (Å²) in [7, 11) is 0. The van der Waals surface area contributed by atoms with Gasteiger partial charge in [0.1, 0.15) is 17.2 Å². The Balaban J connectivity index is 1.20. The molecule has 6 heteroatoms. The molecular formula is C49H33FN4O. The quantitative estimate of drug-likeness (QED) is 0.172. The van der Waals surface area contributed by atoms with Gasteiger partial charge in [0.05, 0.1) is 11.6 Å². The highest BCUT2D eigenvalue weighted by Gasteiger charge is 2.32. The van der Waals surface area contributed by atoms with E-state index in [4.69, 9.17) is 19.7 Å². The van der Waals surface area contributed by atoms with Crippen molar-refractivity contribution >= 4 is 0 Å². The summed E-state index contributed by atoms with van der Waals surface area (Å²) in [6.45, 7) is 4.12. The summed E-state index contributed by atoms with van der Waals surface area (Å²) in [5.74, 6) is 1.57. The molecule has 262 valence electrons. The zero-order valence-corrected chi connectivity index (χ0v) is 30.2. The number of hydrogen-bond acceptors (Lipinski definition) is 5. The number of halogens is 1. The molecule has 8 aromatic rings. The zero-order chi connectivity index (χ0) is 37.5. The van der Waals surface area contributed by atoms with Crippen LogP contribution in [0.4, 0.5) is 4.39 Å². The van der Waals surface area contributed by atoms with Crippen molar-refractivity contribution in [2.24, 2.45) is 0 Å². The second-order valence-corrected chi connectivity index (χ2v) is 14.1. The van der Waals surface area contributed by atoms with Gasteiger partial charge in [-0.3, -0.25) is 0 Å². The first-order chi connectivity index (χ1) is 26.8. The standard InChI is InChI=1S/C49H33FN4O/c1-49(2)44-21-9-8-19-41(44)42-23-22-35(29-45(42)55-49)37-26-38(28-39(50)27-37)47-52-46(36-17-11-16-34(25-36)33-15-10-12-31(24-33)30-51)53-48(54-47)43-20-7-6-18-40(43)32-13-4-3-5-14-32/h3-29H,1-2H3. The van der Waals surface area contributed by atoms with Crippen LogP contribution in [0.2, 0.25) is 0 Å². The van der Waals surface area contributed by atoms with Gasteiger partial charge in [-0.25, -0.2) is 19.3 Å². The first kappa shape index (κ1) is 33.6. The molecule has 55 heavy (non-hydrogen) atoms. The molecule has 0 atom stereocenters. The van der Waals surface area contributed by atoms with Crippen molar-refractivity contribution in [1.82, 2.24) is 15.0 Å². The lowest BCUT2D eigenvalue weighted by Crippen LogP contribution is -2.29. The van der Waals surface area contributed by atoms with Crippen LogP contribution >= 0.6 is 0 Å². The SMILES string of the molecule is CC1(C)Oc2cc(-c3cc(F)cc(-c4nc(-c5cccc(-c6cccc(C#N)c6)c5)nc(-c5ccccc5-c5ccccc5)n4)c3)ccc2-c2ccccc21. The second-order valence-electron chi connectivity index (χ2n) is 14.1. The van der Waals surface area contributed by atoms with Crippen LogP contribution in [0.5, 0.6) is 5.75 Å². The number of nitriles is 1. The molecule has 1 aromatic heterocycles. The lowest BCUT2D eigenvalue weighted by molar-refractivity contribution is 0.106. The molecule has 0 aliphatic carbocycles. The van der Waals surface area contributed by atoms with E-state index >= 15 is 4.39 Å². The molecule has 0 saturated heterocycles. The normalized spacial score (nSPS) is 12.5. The van der Waals surface area contributed by atoms with Gasteiger partial charge in [-0.2, -0.15) is 5.26 Å². The smallest absolute Gasteiger partial charge is 0.164 e. The van der Waals surface area contributed by atoms with E-state index in [9.17, 15) is 5.26 Å². The van der Waals surface area contributed by atoms with E-state index in [1.165, 1.54) is 12.1 Å². The molecule has 1 aliphatic heterocycles. The van der Waals surface area contributed by atoms with Crippen molar-refractivity contribution < 1.29 is 9.13 Å². The van der Waals surface area contributed by atoms with Crippen LogP contribution in [-0.2, 0) is 5.60 Å². The number of fused-ring (bicyclic) bond motifs is 3. The molecule has 0 bridgehead atoms. The Kier molecular flexibility index (Phi) is 8.33. The van der Waals surface area contributed by atoms with Gasteiger partial charge in [-0.1, -0.05) is 121 Å². The van der Waals surface area contributed by atoms with E-state index in [1.54, 1.807) is 6.07 Å². The maximum Gasteiger partial charge on any atom is 0.164 e. The largest absolute Gasteiger partial charge is 0.482 e. The molecule has 0 fully saturated rings. The Labute approximate surface area is 319 Å². The molecule has 0 unspecified atom stereocenters. The maximum absolute atomic E-state index is 15.8. The Morgan fingerprint density at radius 3 is 1.85 bits per heavy atom. The average Bonchev–Trinajstić information content (AvgIpc) is 3.23. The monoisotopic (exact) mass is 712 g/mol. The molecule has 0 saturated carbocycles. The number of ether oxygens (including phenoxy) is 1. The number of nitrogens with zero attached hydrogens (tertiary/aromatic N) is 4. The molecule has 0 amide bonds. The van der Waals surface area contributed by atoms with Crippen molar-refractivity contribution in [2.75, 3.05) is 0 Å². The number of benzene rings is 7. The van der Waals surface area contributed by atoms with Crippen molar-refractivity contribution in [3.8, 4) is 90.5 Å². The van der Waals surface area contributed by atoms with Crippen LogP contribution in [0.3, 0.4) is 0 Å². The zero-order valence-electron chi connectivity index (χ0n) is 30.2. The van der Waals surface area contributed by atoms with Gasteiger partial charge in [0.25, 0.3) is 0 Å². The highest BCUT2D eigenvalue weighted by molar-refractivity contribution is 5.84. The van der Waals surface area contributed by atoms with Crippen LogP contribution in [0.15, 0.2) is 164 Å². The number of hydrogen-bond donors (Lipinski definition) is 0. The van der Waals surface area contributed by atoms with Crippen LogP contribution in [0.25, 0.3) is 78.7 Å². The number of rotatable bonds is 6. The van der Waals surface area contributed by atoms with E-state index in [0.717, 1.165) is 61.4 Å². The summed E-state index contributed by atoms with van der Waals surface area (Å²) >= 11 is 0. The summed E-state index contributed by atoms with van der Waals surface area (Å²) in [5, 5.41) is 9.53. The predicted molar refractivity (Wildman–Crippen MR) is 216 cm³/mol. The Hall–Kier alpha value is -7.23. The topological polar surface area (TPSA) is 71.7 Å². The van der Waals surface area contributed by atoms with Crippen LogP contribution in [0.1, 0.15) is 25.0 Å². The lowest BCUT2D eigenvalue weighted by Gasteiger charge is -2.35. The van der Waals surface area contributed by atoms with Gasteiger partial charge in [0.2, 0.25) is 0 Å². The molecule has 0 N–H and O–H groups in total. The summed E-state index contributed by atoms with van der Waals surface area (Å²) in [5.41, 5.74) is 10.7. The van der Waals surface area contributed by atoms with Gasteiger partial charge in [-0.05, 0) is 95.3 Å². The molecule has 2 heterocycles. The lowest BCUT2D eigenvalue weighted by atomic mass is 9.85. The van der Waals surface area contributed by atoms with E-state index in [2.05, 4.69) is 50.2 Å². The van der Waals surface area contributed by atoms with Crippen LogP contribution in [-0.4, -0.2) is 15.0 Å². The fraction of sp³-hybridized carbons (Fsp3) is 0.0612. The summed E-state index contributed by atoms with van der Waals surface area (Å²) in [6.07, 6.45) is 0. The van der Waals surface area contributed by atoms with E-state index in [0.29, 0.717) is 34.2 Å². The first-order valence-electron chi connectivity index (χ1n) is 18.1. The molecule has 7 aromatic carbocycles. The maximum atomic E-state index is 15.8. The molecule has 1 aliphatic rings. The van der Waals surface area contributed by atoms with Crippen LogP contribution < -0.4 is 4.74 Å². The highest BCUT2D eigenvalue weighted by Crippen LogP contribution is 2.46. The highest BCUT2D eigenvalue weighted by atomic mass is 19.1. The Morgan fingerprint density at radius 1 is 0.473 bits per heavy atom. The Bertz CT molecular complexity index is 2810. The third-order valence-electron chi connectivity index (χ3n) is 10.0.